The fourth-order valence-electron chi connectivity index (χ4n) is 2.75. The SMILES string of the molecule is COc1ccc(/C=C/C(=O)NC(c2ccc(Cl)cc2)c2cccs2)cc1OC. The molecule has 4 nitrogen and oxygen atoms in total. The molecule has 0 aliphatic carbocycles. The molecule has 6 heteroatoms. The van der Waals surface area contributed by atoms with Gasteiger partial charge in [-0.2, -0.15) is 0 Å². The summed E-state index contributed by atoms with van der Waals surface area (Å²) in [7, 11) is 3.16. The molecule has 3 rings (SSSR count). The average molecular weight is 414 g/mol. The second-order valence-corrected chi connectivity index (χ2v) is 7.37. The summed E-state index contributed by atoms with van der Waals surface area (Å²) in [4.78, 5) is 13.6. The average Bonchev–Trinajstić information content (AvgIpc) is 3.25. The molecular formula is C22H20ClNO3S. The van der Waals surface area contributed by atoms with Crippen molar-refractivity contribution in [2.45, 2.75) is 6.04 Å². The largest absolute Gasteiger partial charge is 0.493 e. The van der Waals surface area contributed by atoms with E-state index in [0.717, 1.165) is 16.0 Å². The lowest BCUT2D eigenvalue weighted by atomic mass is 10.1. The van der Waals surface area contributed by atoms with Gasteiger partial charge in [-0.25, -0.2) is 0 Å². The molecule has 0 aliphatic heterocycles. The number of thiophene rings is 1. The summed E-state index contributed by atoms with van der Waals surface area (Å²) in [6, 6.07) is 16.7. The summed E-state index contributed by atoms with van der Waals surface area (Å²) in [5, 5.41) is 5.71. The van der Waals surface area contributed by atoms with Crippen molar-refractivity contribution in [2.75, 3.05) is 14.2 Å². The van der Waals surface area contributed by atoms with Gasteiger partial charge in [0.15, 0.2) is 11.5 Å². The van der Waals surface area contributed by atoms with Gasteiger partial charge in [-0.05, 0) is 52.9 Å². The van der Waals surface area contributed by atoms with Crippen LogP contribution in [0.5, 0.6) is 11.5 Å². The molecule has 28 heavy (non-hydrogen) atoms. The zero-order chi connectivity index (χ0) is 19.9. The van der Waals surface area contributed by atoms with E-state index < -0.39 is 0 Å². The number of carbonyl (C=O) groups is 1. The van der Waals surface area contributed by atoms with E-state index in [-0.39, 0.29) is 11.9 Å². The Hall–Kier alpha value is -2.76. The third-order valence-corrected chi connectivity index (χ3v) is 5.34. The number of hydrogen-bond donors (Lipinski definition) is 1. The molecule has 0 saturated carbocycles. The molecule has 0 bridgehead atoms. The fourth-order valence-corrected chi connectivity index (χ4v) is 3.68. The summed E-state index contributed by atoms with van der Waals surface area (Å²) >= 11 is 7.59. The quantitative estimate of drug-likeness (QED) is 0.532. The maximum Gasteiger partial charge on any atom is 0.244 e. The maximum absolute atomic E-state index is 12.6. The Morgan fingerprint density at radius 3 is 2.46 bits per heavy atom. The number of amides is 1. The lowest BCUT2D eigenvalue weighted by Gasteiger charge is -2.17. The molecule has 1 atom stereocenters. The van der Waals surface area contributed by atoms with Gasteiger partial charge in [-0.15, -0.1) is 11.3 Å². The van der Waals surface area contributed by atoms with E-state index in [2.05, 4.69) is 5.32 Å². The van der Waals surface area contributed by atoms with Crippen LogP contribution in [0.3, 0.4) is 0 Å². The molecule has 1 aromatic heterocycles. The molecule has 1 unspecified atom stereocenters. The predicted octanol–water partition coefficient (Wildman–Crippen LogP) is 5.34. The van der Waals surface area contributed by atoms with E-state index in [0.29, 0.717) is 16.5 Å². The Morgan fingerprint density at radius 1 is 1.07 bits per heavy atom. The van der Waals surface area contributed by atoms with Crippen molar-refractivity contribution in [3.05, 3.63) is 87.1 Å². The van der Waals surface area contributed by atoms with Crippen molar-refractivity contribution in [1.29, 1.82) is 0 Å². The first-order valence-corrected chi connectivity index (χ1v) is 9.86. The highest BCUT2D eigenvalue weighted by Gasteiger charge is 2.16. The van der Waals surface area contributed by atoms with Gasteiger partial charge in [-0.1, -0.05) is 35.9 Å². The first kappa shape index (κ1) is 20.0. The van der Waals surface area contributed by atoms with Crippen LogP contribution < -0.4 is 14.8 Å². The molecule has 0 spiro atoms. The number of nitrogens with one attached hydrogen (secondary N) is 1. The Balaban J connectivity index is 1.77. The number of carbonyl (C=O) groups excluding carboxylic acids is 1. The van der Waals surface area contributed by atoms with E-state index in [4.69, 9.17) is 21.1 Å². The first-order chi connectivity index (χ1) is 13.6. The van der Waals surface area contributed by atoms with Gasteiger partial charge in [-0.3, -0.25) is 4.79 Å². The Labute approximate surface area is 173 Å². The molecule has 0 aliphatic rings. The van der Waals surface area contributed by atoms with Crippen LogP contribution in [0.2, 0.25) is 5.02 Å². The molecular weight excluding hydrogens is 394 g/mol. The number of hydrogen-bond acceptors (Lipinski definition) is 4. The van der Waals surface area contributed by atoms with Crippen molar-refractivity contribution in [3.63, 3.8) is 0 Å². The molecule has 1 heterocycles. The van der Waals surface area contributed by atoms with Gasteiger partial charge >= 0.3 is 0 Å². The number of methoxy groups -OCH3 is 2. The molecule has 1 amide bonds. The number of ether oxygens (including phenoxy) is 2. The summed E-state index contributed by atoms with van der Waals surface area (Å²) in [5.41, 5.74) is 1.81. The molecule has 0 saturated heterocycles. The Kier molecular flexibility index (Phi) is 6.74. The normalized spacial score (nSPS) is 12.0. The van der Waals surface area contributed by atoms with Crippen LogP contribution in [-0.2, 0) is 4.79 Å². The molecule has 2 aromatic carbocycles. The lowest BCUT2D eigenvalue weighted by molar-refractivity contribution is -0.116. The molecule has 0 radical (unpaired) electrons. The van der Waals surface area contributed by atoms with E-state index in [1.807, 2.05) is 53.9 Å². The highest BCUT2D eigenvalue weighted by atomic mass is 35.5. The minimum Gasteiger partial charge on any atom is -0.493 e. The summed E-state index contributed by atoms with van der Waals surface area (Å²) in [6.45, 7) is 0. The molecule has 1 N–H and O–H groups in total. The third-order valence-electron chi connectivity index (χ3n) is 4.15. The summed E-state index contributed by atoms with van der Waals surface area (Å²) in [6.07, 6.45) is 3.25. The third kappa shape index (κ3) is 4.94. The second-order valence-electron chi connectivity index (χ2n) is 5.96. The van der Waals surface area contributed by atoms with Gasteiger partial charge < -0.3 is 14.8 Å². The van der Waals surface area contributed by atoms with E-state index in [9.17, 15) is 4.79 Å². The van der Waals surface area contributed by atoms with Crippen LogP contribution in [0.15, 0.2) is 66.1 Å². The second kappa shape index (κ2) is 9.44. The predicted molar refractivity (Wildman–Crippen MR) is 114 cm³/mol. The van der Waals surface area contributed by atoms with Crippen molar-refractivity contribution >= 4 is 34.9 Å². The molecule has 0 fully saturated rings. The zero-order valence-electron chi connectivity index (χ0n) is 15.5. The smallest absolute Gasteiger partial charge is 0.244 e. The van der Waals surface area contributed by atoms with Crippen molar-refractivity contribution in [2.24, 2.45) is 0 Å². The van der Waals surface area contributed by atoms with Gasteiger partial charge in [0.1, 0.15) is 0 Å². The van der Waals surface area contributed by atoms with Crippen LogP contribution in [0.4, 0.5) is 0 Å². The van der Waals surface area contributed by atoms with E-state index in [1.54, 1.807) is 37.7 Å². The molecule has 3 aromatic rings. The van der Waals surface area contributed by atoms with E-state index >= 15 is 0 Å². The van der Waals surface area contributed by atoms with Crippen LogP contribution in [0, 0.1) is 0 Å². The summed E-state index contributed by atoms with van der Waals surface area (Å²) in [5.74, 6) is 1.07. The lowest BCUT2D eigenvalue weighted by Crippen LogP contribution is -2.27. The fraction of sp³-hybridized carbons (Fsp3) is 0.136. The van der Waals surface area contributed by atoms with Crippen LogP contribution in [0.25, 0.3) is 6.08 Å². The minimum absolute atomic E-state index is 0.192. The zero-order valence-corrected chi connectivity index (χ0v) is 17.1. The summed E-state index contributed by atoms with van der Waals surface area (Å²) < 4.78 is 10.5. The Bertz CT molecular complexity index is 952. The van der Waals surface area contributed by atoms with Gasteiger partial charge in [0.05, 0.1) is 20.3 Å². The number of benzene rings is 2. The highest BCUT2D eigenvalue weighted by molar-refractivity contribution is 7.10. The van der Waals surface area contributed by atoms with Crippen molar-refractivity contribution in [3.8, 4) is 11.5 Å². The van der Waals surface area contributed by atoms with Crippen LogP contribution in [-0.4, -0.2) is 20.1 Å². The standard InChI is InChI=1S/C22H20ClNO3S/c1-26-18-11-5-15(14-19(18)27-2)6-12-21(25)24-22(20-4-3-13-28-20)16-7-9-17(23)10-8-16/h3-14,22H,1-2H3,(H,24,25)/b12-6+. The topological polar surface area (TPSA) is 47.6 Å². The van der Waals surface area contributed by atoms with Crippen molar-refractivity contribution in [1.82, 2.24) is 5.32 Å². The van der Waals surface area contributed by atoms with Crippen LogP contribution in [0.1, 0.15) is 22.0 Å². The molecule has 144 valence electrons. The van der Waals surface area contributed by atoms with Gasteiger partial charge in [0.25, 0.3) is 0 Å². The van der Waals surface area contributed by atoms with Crippen LogP contribution >= 0.6 is 22.9 Å². The number of rotatable bonds is 7. The van der Waals surface area contributed by atoms with E-state index in [1.165, 1.54) is 6.08 Å². The van der Waals surface area contributed by atoms with Gasteiger partial charge in [0, 0.05) is 16.0 Å². The van der Waals surface area contributed by atoms with Gasteiger partial charge in [0.2, 0.25) is 5.91 Å². The highest BCUT2D eigenvalue weighted by Crippen LogP contribution is 2.29. The Morgan fingerprint density at radius 2 is 1.82 bits per heavy atom. The number of halogens is 1. The monoisotopic (exact) mass is 413 g/mol. The minimum atomic E-state index is -0.236. The first-order valence-electron chi connectivity index (χ1n) is 8.60. The van der Waals surface area contributed by atoms with Crippen molar-refractivity contribution < 1.29 is 14.3 Å². The maximum atomic E-state index is 12.6.